The second-order valence-electron chi connectivity index (χ2n) is 29.9. The molecule has 0 unspecified atom stereocenters. The Kier molecular flexibility index (Phi) is 44.4. The zero-order chi connectivity index (χ0) is 84.0. The number of unbranched alkanes of at least 4 members (excludes halogenated alkanes) is 1. The van der Waals surface area contributed by atoms with Crippen LogP contribution in [0.4, 0.5) is 28.8 Å². The molecule has 0 aromatic heterocycles. The van der Waals surface area contributed by atoms with Gasteiger partial charge in [0.15, 0.2) is 0 Å². The van der Waals surface area contributed by atoms with E-state index in [9.17, 15) is 76.7 Å². The van der Waals surface area contributed by atoms with Crippen molar-refractivity contribution >= 4 is 96.2 Å². The molecule has 1 aromatic carbocycles. The van der Waals surface area contributed by atoms with Crippen molar-refractivity contribution in [3.8, 4) is 5.75 Å². The summed E-state index contributed by atoms with van der Waals surface area (Å²) in [6, 6.07) is -0.0469. The van der Waals surface area contributed by atoms with Crippen LogP contribution in [0.3, 0.4) is 0 Å². The van der Waals surface area contributed by atoms with Crippen LogP contribution in [0.5, 0.6) is 5.75 Å². The first-order valence-electron chi connectivity index (χ1n) is 32.7. The first-order chi connectivity index (χ1) is 47.6. The van der Waals surface area contributed by atoms with Gasteiger partial charge in [-0.15, -0.1) is 0 Å². The number of likely N-dealkylation sites (tertiary alicyclic amines) is 1. The number of rotatable bonds is 24. The van der Waals surface area contributed by atoms with Crippen LogP contribution in [0, 0.1) is 0 Å². The quantitative estimate of drug-likeness (QED) is 0.0283. The molecule has 0 bridgehead atoms. The predicted molar refractivity (Wildman–Crippen MR) is 372 cm³/mol. The molecule has 0 aliphatic carbocycles. The minimum absolute atomic E-state index is 0.0979. The summed E-state index contributed by atoms with van der Waals surface area (Å²) in [4.78, 5) is 179. The molecule has 1 heterocycles. The van der Waals surface area contributed by atoms with E-state index in [2.05, 4.69) is 5.32 Å². The van der Waals surface area contributed by atoms with Crippen molar-refractivity contribution in [3.63, 3.8) is 0 Å². The van der Waals surface area contributed by atoms with Gasteiger partial charge in [0.2, 0.25) is 5.91 Å². The minimum atomic E-state index is -1.49. The van der Waals surface area contributed by atoms with Gasteiger partial charge in [0, 0.05) is 25.9 Å². The van der Waals surface area contributed by atoms with Gasteiger partial charge in [0.25, 0.3) is 0 Å². The number of nitrogens with zero attached hydrogens (tertiary/aromatic N) is 2. The number of phenolic OH excluding ortho intramolecular Hbond substituents is 1. The van der Waals surface area contributed by atoms with Crippen LogP contribution >= 0.6 is 0 Å². The van der Waals surface area contributed by atoms with Gasteiger partial charge in [0.1, 0.15) is 81.7 Å². The lowest BCUT2D eigenvalue weighted by Gasteiger charge is -2.26. The third-order valence-corrected chi connectivity index (χ3v) is 11.1. The van der Waals surface area contributed by atoms with Gasteiger partial charge in [-0.3, -0.25) is 33.8 Å². The Morgan fingerprint density at radius 2 is 0.783 bits per heavy atom. The normalized spacial score (nSPS) is 13.7. The molecule has 7 amide bonds. The Balaban J connectivity index is -0.000000593. The number of carboxylic acids is 8. The maximum Gasteiger partial charge on any atom is 0.411 e. The van der Waals surface area contributed by atoms with Crippen LogP contribution in [0.25, 0.3) is 0 Å². The van der Waals surface area contributed by atoms with Crippen LogP contribution < -0.4 is 27.0 Å². The molecule has 1 aromatic rings. The molecule has 0 radical (unpaired) electrons. The summed E-state index contributed by atoms with van der Waals surface area (Å²) in [6.45, 7) is 35.7. The number of amides is 7. The van der Waals surface area contributed by atoms with Gasteiger partial charge in [-0.2, -0.15) is 0 Å². The van der Waals surface area contributed by atoms with Crippen LogP contribution in [0.15, 0.2) is 24.3 Å². The Morgan fingerprint density at radius 3 is 1.08 bits per heavy atom. The summed E-state index contributed by atoms with van der Waals surface area (Å²) in [5.41, 5.74) is 0.770. The van der Waals surface area contributed by atoms with E-state index in [1.165, 1.54) is 17.0 Å². The summed E-state index contributed by atoms with van der Waals surface area (Å²) in [5.74, 6) is -11.1. The number of hydrogen-bond donors (Lipinski definition) is 14. The topological polar surface area (TPSA) is 600 Å². The van der Waals surface area contributed by atoms with Crippen molar-refractivity contribution in [3.05, 3.63) is 29.8 Å². The van der Waals surface area contributed by atoms with Crippen molar-refractivity contribution in [1.82, 2.24) is 31.1 Å². The SMILES string of the molecule is CC(C)(C)OC(=O)CCCCN(CC(=O)O)C(=O)OC(C)(C)C.CC(C)(C)OC(=O)N1CCC[C@@H]1C(=O)O.CC(C)(C)OC(=O)N[C@@H](CC(=O)O)C(=O)O.CC(C)(C)OC(=O)N[C@H](CC(=O)O)C(=O)O.CC(C)(C)OC(=O)N[C@H](CC(N)=O)C(=O)O.CC(C)(C)OC(=O)N[C@H](Cc1ccc(O)cc1)C(=O)O. The predicted octanol–water partition coefficient (Wildman–Crippen LogP) is 6.92. The van der Waals surface area contributed by atoms with E-state index in [1.807, 2.05) is 16.0 Å². The van der Waals surface area contributed by atoms with E-state index >= 15 is 0 Å². The number of carboxylic acid groups (broad SMARTS) is 8. The number of nitrogens with one attached hydrogen (secondary N) is 4. The molecule has 5 atom stereocenters. The lowest BCUT2D eigenvalue weighted by atomic mass is 10.1. The van der Waals surface area contributed by atoms with E-state index in [-0.39, 0.29) is 31.1 Å². The number of benzene rings is 1. The monoisotopic (exact) mass is 1530 g/mol. The number of hydrogen-bond acceptors (Lipinski definition) is 24. The van der Waals surface area contributed by atoms with Crippen LogP contribution in [0.1, 0.15) is 202 Å². The van der Waals surface area contributed by atoms with E-state index < -0.39 is 185 Å². The van der Waals surface area contributed by atoms with Crippen molar-refractivity contribution in [2.75, 3.05) is 19.6 Å². The van der Waals surface area contributed by atoms with Gasteiger partial charge >= 0.3 is 90.3 Å². The second kappa shape index (κ2) is 46.2. The summed E-state index contributed by atoms with van der Waals surface area (Å²) in [5, 5.41) is 87.1. The number of phenols is 1. The lowest BCUT2D eigenvalue weighted by molar-refractivity contribution is -0.155. The molecular formula is C67H111N7O32. The summed E-state index contributed by atoms with van der Waals surface area (Å²) >= 11 is 0. The number of carbonyl (C=O) groups is 16. The standard InChI is InChI=1S/C16H29NO6.C14H19NO5.C10H17NO4.C9H16N2O5.2C9H15NO6/c1-15(2,3)22-13(20)9-7-8-10-17(11-12(18)19)14(21)23-16(4,5)6;1-14(2,3)20-13(19)15-11(12(17)18)8-9-4-6-10(16)7-5-9;1-10(2,3)15-9(14)11-6-4-5-7(11)8(12)13;1-9(2,3)16-8(15)11-5(7(13)14)4-6(10)12;2*1-9(2,3)16-8(15)10-5(7(13)14)4-6(11)12/h7-11H2,1-6H3,(H,18,19);4-7,11,16H,8H2,1-3H3,(H,15,19)(H,17,18);7H,4-6H2,1-3H3,(H,12,13);5H,4H2,1-3H3,(H2,10,12)(H,11,15)(H,13,14);2*5H,4H2,1-3H3,(H,10,15)(H,11,12)(H,13,14)/t;11-;7-;3*5-/m.11110/s1. The molecule has 606 valence electrons. The summed E-state index contributed by atoms with van der Waals surface area (Å²) in [6.07, 6.45) is -4.11. The number of nitrogens with two attached hydrogens (primary N) is 1. The smallest absolute Gasteiger partial charge is 0.411 e. The van der Waals surface area contributed by atoms with Crippen molar-refractivity contribution < 1.29 is 156 Å². The molecule has 106 heavy (non-hydrogen) atoms. The highest BCUT2D eigenvalue weighted by Crippen LogP contribution is 2.22. The van der Waals surface area contributed by atoms with Crippen molar-refractivity contribution in [2.45, 2.75) is 273 Å². The largest absolute Gasteiger partial charge is 0.508 e. The maximum atomic E-state index is 12.0. The molecule has 1 saturated heterocycles. The lowest BCUT2D eigenvalue weighted by Crippen LogP contribution is -2.45. The molecule has 0 saturated carbocycles. The highest BCUT2D eigenvalue weighted by Gasteiger charge is 2.37. The van der Waals surface area contributed by atoms with Crippen LogP contribution in [0.2, 0.25) is 0 Å². The number of primary amides is 1. The fraction of sp³-hybridized carbons (Fsp3) is 0.672. The van der Waals surface area contributed by atoms with Crippen molar-refractivity contribution in [2.24, 2.45) is 5.73 Å². The molecule has 39 heteroatoms. The van der Waals surface area contributed by atoms with E-state index in [0.717, 1.165) is 11.3 Å². The zero-order valence-corrected chi connectivity index (χ0v) is 64.1. The number of esters is 1. The second-order valence-corrected chi connectivity index (χ2v) is 29.9. The maximum absolute atomic E-state index is 12.0. The van der Waals surface area contributed by atoms with Gasteiger partial charge in [-0.05, 0) is 189 Å². The minimum Gasteiger partial charge on any atom is -0.508 e. The van der Waals surface area contributed by atoms with Gasteiger partial charge in [-0.25, -0.2) is 52.7 Å². The Bertz CT molecular complexity index is 2950. The molecule has 39 nitrogen and oxygen atoms in total. The summed E-state index contributed by atoms with van der Waals surface area (Å²) < 4.78 is 34.9. The first-order valence-corrected chi connectivity index (χ1v) is 32.7. The molecule has 1 fully saturated rings. The average Bonchev–Trinajstić information content (AvgIpc) is 1.70. The molecule has 1 aliphatic heterocycles. The number of aromatic hydroxyl groups is 1. The van der Waals surface area contributed by atoms with Crippen molar-refractivity contribution in [1.29, 1.82) is 0 Å². The highest BCUT2D eigenvalue weighted by atomic mass is 16.6. The third-order valence-electron chi connectivity index (χ3n) is 11.1. The van der Waals surface area contributed by atoms with Gasteiger partial charge in [0.05, 0.1) is 19.3 Å². The Hall–Kier alpha value is -10.7. The number of ether oxygens (including phenoxy) is 7. The Morgan fingerprint density at radius 1 is 0.453 bits per heavy atom. The Labute approximate surface area is 614 Å². The fourth-order valence-corrected chi connectivity index (χ4v) is 7.27. The summed E-state index contributed by atoms with van der Waals surface area (Å²) in [7, 11) is 0. The fourth-order valence-electron chi connectivity index (χ4n) is 7.27. The van der Waals surface area contributed by atoms with Gasteiger partial charge < -0.3 is 106 Å². The van der Waals surface area contributed by atoms with E-state index in [4.69, 9.17) is 84.9 Å². The number of aliphatic carboxylic acids is 8. The van der Waals surface area contributed by atoms with E-state index in [0.29, 0.717) is 31.4 Å². The van der Waals surface area contributed by atoms with Crippen LogP contribution in [-0.4, -0.2) is 241 Å². The average molecular weight is 1530 g/mol. The highest BCUT2D eigenvalue weighted by molar-refractivity contribution is 5.87. The first kappa shape index (κ1) is 102. The molecule has 15 N–H and O–H groups in total. The van der Waals surface area contributed by atoms with E-state index in [1.54, 1.807) is 158 Å². The van der Waals surface area contributed by atoms with Crippen LogP contribution in [-0.2, 0) is 87.5 Å². The molecule has 0 spiro atoms. The number of carbonyl (C=O) groups excluding carboxylic acids is 8. The molecule has 2 rings (SSSR count). The number of alkyl carbamates (subject to hydrolysis) is 4. The molecule has 1 aliphatic rings. The van der Waals surface area contributed by atoms with Gasteiger partial charge in [-0.1, -0.05) is 12.1 Å². The zero-order valence-electron chi connectivity index (χ0n) is 64.1. The molecular weight excluding hydrogens is 1410 g/mol. The third kappa shape index (κ3) is 59.8.